The first-order chi connectivity index (χ1) is 14.2. The molecule has 3 fully saturated rings. The smallest absolute Gasteiger partial charge is 0.432 e. The summed E-state index contributed by atoms with van der Waals surface area (Å²) in [5, 5.41) is -5.92. The fourth-order valence-corrected chi connectivity index (χ4v) is 5.49. The molecule has 0 aliphatic heterocycles. The van der Waals surface area contributed by atoms with Gasteiger partial charge in [0.05, 0.1) is 11.8 Å². The van der Waals surface area contributed by atoms with Crippen LogP contribution < -0.4 is 0 Å². The van der Waals surface area contributed by atoms with Gasteiger partial charge in [0.1, 0.15) is 6.10 Å². The molecule has 5 unspecified atom stereocenters. The van der Waals surface area contributed by atoms with E-state index in [2.05, 4.69) is 4.74 Å². The first-order valence-electron chi connectivity index (χ1n) is 10.0. The third-order valence-electron chi connectivity index (χ3n) is 6.47. The van der Waals surface area contributed by atoms with Gasteiger partial charge in [-0.1, -0.05) is 6.42 Å². The van der Waals surface area contributed by atoms with Gasteiger partial charge in [-0.3, -0.25) is 9.59 Å². The lowest BCUT2D eigenvalue weighted by Gasteiger charge is -2.34. The Hall–Kier alpha value is -1.50. The molecule has 3 aliphatic rings. The quantitative estimate of drug-likeness (QED) is 0.328. The summed E-state index contributed by atoms with van der Waals surface area (Å²) in [6.07, 6.45) is -5.76. The van der Waals surface area contributed by atoms with Crippen molar-refractivity contribution < 1.29 is 54.0 Å². The molecule has 0 heterocycles. The van der Waals surface area contributed by atoms with Gasteiger partial charge in [0.25, 0.3) is 6.10 Å². The van der Waals surface area contributed by atoms with E-state index in [1.165, 1.54) is 0 Å². The molecule has 0 radical (unpaired) electrons. The summed E-state index contributed by atoms with van der Waals surface area (Å²) in [5.74, 6) is -6.12. The minimum Gasteiger partial charge on any atom is -0.743 e. The predicted molar refractivity (Wildman–Crippen MR) is 91.4 cm³/mol. The molecule has 0 N–H and O–H groups in total. The van der Waals surface area contributed by atoms with Crippen LogP contribution in [0.5, 0.6) is 0 Å². The highest BCUT2D eigenvalue weighted by atomic mass is 32.2. The number of halogens is 5. The number of esters is 2. The molecule has 0 saturated heterocycles. The first kappa shape index (κ1) is 24.1. The maximum Gasteiger partial charge on any atom is 0.432 e. The Morgan fingerprint density at radius 3 is 1.87 bits per heavy atom. The number of hydrogen-bond donors (Lipinski definition) is 0. The molecule has 31 heavy (non-hydrogen) atoms. The van der Waals surface area contributed by atoms with Crippen molar-refractivity contribution in [2.24, 2.45) is 23.7 Å². The second kappa shape index (κ2) is 8.45. The Kier molecular flexibility index (Phi) is 6.58. The van der Waals surface area contributed by atoms with Crippen LogP contribution in [-0.4, -0.2) is 48.5 Å². The highest BCUT2D eigenvalue weighted by Gasteiger charge is 2.64. The van der Waals surface area contributed by atoms with Crippen molar-refractivity contribution >= 4 is 22.1 Å². The lowest BCUT2D eigenvalue weighted by Crippen LogP contribution is -2.53. The molecule has 0 aromatic rings. The van der Waals surface area contributed by atoms with Gasteiger partial charge in [-0.05, 0) is 56.8 Å². The van der Waals surface area contributed by atoms with Crippen LogP contribution in [0.25, 0.3) is 0 Å². The monoisotopic (exact) mass is 477 g/mol. The van der Waals surface area contributed by atoms with E-state index in [0.29, 0.717) is 32.1 Å². The maximum absolute atomic E-state index is 13.7. The van der Waals surface area contributed by atoms with Crippen molar-refractivity contribution in [3.8, 4) is 0 Å². The number of hydrogen-bond acceptors (Lipinski definition) is 7. The molecule has 3 saturated carbocycles. The summed E-state index contributed by atoms with van der Waals surface area (Å²) < 4.78 is 108. The number of carbonyl (C=O) groups is 2. The molecular weight excluding hydrogens is 455 g/mol. The molecule has 0 aromatic heterocycles. The van der Waals surface area contributed by atoms with E-state index in [4.69, 9.17) is 4.74 Å². The lowest BCUT2D eigenvalue weighted by molar-refractivity contribution is -0.261. The predicted octanol–water partition coefficient (Wildman–Crippen LogP) is 3.14. The molecular formula is C18H22F5O7S-. The summed E-state index contributed by atoms with van der Waals surface area (Å²) in [6, 6.07) is 0. The number of carbonyl (C=O) groups excluding carboxylic acids is 2. The third kappa shape index (κ3) is 4.81. The van der Waals surface area contributed by atoms with Crippen LogP contribution in [0.1, 0.15) is 51.4 Å². The summed E-state index contributed by atoms with van der Waals surface area (Å²) in [5.41, 5.74) is 0. The van der Waals surface area contributed by atoms with Crippen LogP contribution in [0.2, 0.25) is 0 Å². The van der Waals surface area contributed by atoms with Crippen LogP contribution in [0.4, 0.5) is 22.0 Å². The number of ether oxygens (including phenoxy) is 2. The minimum absolute atomic E-state index is 0.317. The average Bonchev–Trinajstić information content (AvgIpc) is 3.26. The van der Waals surface area contributed by atoms with Crippen molar-refractivity contribution in [1.82, 2.24) is 0 Å². The highest BCUT2D eigenvalue weighted by molar-refractivity contribution is 7.86. The van der Waals surface area contributed by atoms with E-state index in [1.54, 1.807) is 0 Å². The molecule has 7 nitrogen and oxygen atoms in total. The zero-order chi connectivity index (χ0) is 23.2. The van der Waals surface area contributed by atoms with Crippen molar-refractivity contribution in [3.05, 3.63) is 0 Å². The number of rotatable bonds is 6. The summed E-state index contributed by atoms with van der Waals surface area (Å²) in [6.45, 7) is 0. The van der Waals surface area contributed by atoms with Gasteiger partial charge < -0.3 is 14.0 Å². The lowest BCUT2D eigenvalue weighted by atomic mass is 9.79. The molecule has 178 valence electrons. The normalized spacial score (nSPS) is 30.8. The molecule has 3 rings (SSSR count). The van der Waals surface area contributed by atoms with Gasteiger partial charge in [0.15, 0.2) is 10.1 Å². The largest absolute Gasteiger partial charge is 0.743 e. The number of fused-ring (bicyclic) bond motifs is 2. The van der Waals surface area contributed by atoms with Crippen LogP contribution in [0, 0.1) is 23.7 Å². The van der Waals surface area contributed by atoms with Crippen molar-refractivity contribution in [2.45, 2.75) is 75.0 Å². The van der Waals surface area contributed by atoms with Gasteiger partial charge in [-0.25, -0.2) is 8.42 Å². The van der Waals surface area contributed by atoms with Crippen LogP contribution in [0.3, 0.4) is 0 Å². The van der Waals surface area contributed by atoms with Gasteiger partial charge in [0, 0.05) is 0 Å². The molecule has 3 aliphatic carbocycles. The SMILES string of the molecule is O=C(OC1CCCCC1)C1C2CCC(C2)C1C(=O)OC(C(F)(F)F)C(F)(F)S(=O)(=O)[O-]. The molecule has 13 heteroatoms. The molecule has 5 atom stereocenters. The molecule has 0 amide bonds. The minimum atomic E-state index is -6.79. The molecule has 2 bridgehead atoms. The van der Waals surface area contributed by atoms with E-state index in [1.807, 2.05) is 0 Å². The zero-order valence-corrected chi connectivity index (χ0v) is 17.1. The Morgan fingerprint density at radius 1 is 0.871 bits per heavy atom. The van der Waals surface area contributed by atoms with E-state index < -0.39 is 57.3 Å². The second-order valence-electron chi connectivity index (χ2n) is 8.46. The van der Waals surface area contributed by atoms with E-state index in [-0.39, 0.29) is 12.0 Å². The van der Waals surface area contributed by atoms with Crippen LogP contribution in [-0.2, 0) is 29.2 Å². The Labute approximate surface area is 175 Å². The maximum atomic E-state index is 13.7. The van der Waals surface area contributed by atoms with Crippen LogP contribution in [0.15, 0.2) is 0 Å². The van der Waals surface area contributed by atoms with Crippen LogP contribution >= 0.6 is 0 Å². The zero-order valence-electron chi connectivity index (χ0n) is 16.3. The van der Waals surface area contributed by atoms with Gasteiger partial charge in [-0.2, -0.15) is 22.0 Å². The third-order valence-corrected chi connectivity index (χ3v) is 7.35. The van der Waals surface area contributed by atoms with Crippen molar-refractivity contribution in [1.29, 1.82) is 0 Å². The fourth-order valence-electron chi connectivity index (χ4n) is 5.05. The van der Waals surface area contributed by atoms with Gasteiger partial charge in [0.2, 0.25) is 0 Å². The Balaban J connectivity index is 1.80. The van der Waals surface area contributed by atoms with Crippen molar-refractivity contribution in [2.75, 3.05) is 0 Å². The summed E-state index contributed by atoms with van der Waals surface area (Å²) >= 11 is 0. The standard InChI is InChI=1S/C18H23F5O7S/c19-17(20,21)16(18(22,23)31(26,27)28)30-15(25)13-10-7-6-9(8-10)12(13)14(24)29-11-4-2-1-3-5-11/h9-13,16H,1-8H2,(H,26,27,28)/p-1. The second-order valence-corrected chi connectivity index (χ2v) is 9.91. The average molecular weight is 477 g/mol. The summed E-state index contributed by atoms with van der Waals surface area (Å²) in [7, 11) is -6.79. The Bertz CT molecular complexity index is 807. The van der Waals surface area contributed by atoms with E-state index >= 15 is 0 Å². The fraction of sp³-hybridized carbons (Fsp3) is 0.889. The van der Waals surface area contributed by atoms with Gasteiger partial charge >= 0.3 is 23.4 Å². The van der Waals surface area contributed by atoms with Crippen molar-refractivity contribution in [3.63, 3.8) is 0 Å². The first-order valence-corrected chi connectivity index (χ1v) is 11.4. The summed E-state index contributed by atoms with van der Waals surface area (Å²) in [4.78, 5) is 25.2. The number of alkyl halides is 5. The van der Waals surface area contributed by atoms with E-state index in [0.717, 1.165) is 19.3 Å². The molecule has 0 aromatic carbocycles. The highest BCUT2D eigenvalue weighted by Crippen LogP contribution is 2.54. The van der Waals surface area contributed by atoms with E-state index in [9.17, 15) is 44.5 Å². The molecule has 0 spiro atoms. The van der Waals surface area contributed by atoms with Gasteiger partial charge in [-0.15, -0.1) is 0 Å². The topological polar surface area (TPSA) is 110 Å². The Morgan fingerprint density at radius 2 is 1.39 bits per heavy atom.